The lowest BCUT2D eigenvalue weighted by molar-refractivity contribution is 0.378. The molecule has 2 aromatic rings. The van der Waals surface area contributed by atoms with Gasteiger partial charge in [0.15, 0.2) is 11.5 Å². The quantitative estimate of drug-likeness (QED) is 0.824. The molecule has 0 saturated carbocycles. The second-order valence-corrected chi connectivity index (χ2v) is 3.71. The summed E-state index contributed by atoms with van der Waals surface area (Å²) in [4.78, 5) is 4.06. The fraction of sp³-hybridized carbons (Fsp3) is 0.154. The number of nitrogens with two attached hydrogens (primary N) is 1. The molecule has 0 bridgehead atoms. The van der Waals surface area contributed by atoms with Gasteiger partial charge in [-0.1, -0.05) is 0 Å². The number of hydrogen-bond acceptors (Lipinski definition) is 4. The van der Waals surface area contributed by atoms with E-state index < -0.39 is 0 Å². The van der Waals surface area contributed by atoms with Crippen molar-refractivity contribution in [3.8, 4) is 17.2 Å². The van der Waals surface area contributed by atoms with E-state index in [0.717, 1.165) is 5.56 Å². The number of nitrogen functional groups attached to an aromatic ring is 1. The van der Waals surface area contributed by atoms with Crippen LogP contribution < -0.4 is 15.2 Å². The molecule has 1 aromatic carbocycles. The lowest BCUT2D eigenvalue weighted by Gasteiger charge is -2.10. The van der Waals surface area contributed by atoms with Crippen LogP contribution in [0.25, 0.3) is 0 Å². The highest BCUT2D eigenvalue weighted by Gasteiger charge is 2.06. The molecule has 0 radical (unpaired) electrons. The monoisotopic (exact) mass is 230 g/mol. The second-order valence-electron chi connectivity index (χ2n) is 3.71. The molecule has 0 amide bonds. The van der Waals surface area contributed by atoms with Gasteiger partial charge in [0.25, 0.3) is 0 Å². The highest BCUT2D eigenvalue weighted by Crippen LogP contribution is 2.32. The highest BCUT2D eigenvalue weighted by molar-refractivity contribution is 5.53. The molecule has 1 aromatic heterocycles. The maximum absolute atomic E-state index is 5.69. The van der Waals surface area contributed by atoms with Gasteiger partial charge in [-0.3, -0.25) is 4.98 Å². The summed E-state index contributed by atoms with van der Waals surface area (Å²) in [5.41, 5.74) is 7.35. The van der Waals surface area contributed by atoms with Crippen molar-refractivity contribution in [2.45, 2.75) is 6.92 Å². The largest absolute Gasteiger partial charge is 0.493 e. The van der Waals surface area contributed by atoms with E-state index >= 15 is 0 Å². The average Bonchev–Trinajstić information content (AvgIpc) is 2.31. The molecule has 4 heteroatoms. The number of nitrogens with zero attached hydrogens (tertiary/aromatic N) is 1. The van der Waals surface area contributed by atoms with Crippen LogP contribution >= 0.6 is 0 Å². The molecular formula is C13H14N2O2. The van der Waals surface area contributed by atoms with Gasteiger partial charge in [0, 0.05) is 18.0 Å². The van der Waals surface area contributed by atoms with Crippen LogP contribution in [0.15, 0.2) is 36.7 Å². The van der Waals surface area contributed by atoms with Crippen molar-refractivity contribution in [1.82, 2.24) is 4.98 Å². The third-order valence-corrected chi connectivity index (χ3v) is 2.27. The summed E-state index contributed by atoms with van der Waals surface area (Å²) >= 11 is 0. The Labute approximate surface area is 100 Å². The third kappa shape index (κ3) is 2.66. The molecule has 0 aliphatic heterocycles. The summed E-state index contributed by atoms with van der Waals surface area (Å²) < 4.78 is 10.9. The Hall–Kier alpha value is -2.23. The molecule has 17 heavy (non-hydrogen) atoms. The number of hydrogen-bond donors (Lipinski definition) is 1. The molecule has 0 aliphatic carbocycles. The number of aryl methyl sites for hydroxylation is 1. The van der Waals surface area contributed by atoms with Crippen LogP contribution in [0.2, 0.25) is 0 Å². The Morgan fingerprint density at radius 2 is 1.94 bits per heavy atom. The minimum Gasteiger partial charge on any atom is -0.493 e. The van der Waals surface area contributed by atoms with E-state index in [0.29, 0.717) is 22.9 Å². The normalized spacial score (nSPS) is 10.0. The highest BCUT2D eigenvalue weighted by atomic mass is 16.5. The summed E-state index contributed by atoms with van der Waals surface area (Å²) in [6, 6.07) is 7.17. The van der Waals surface area contributed by atoms with Crippen molar-refractivity contribution in [1.29, 1.82) is 0 Å². The lowest BCUT2D eigenvalue weighted by Crippen LogP contribution is -1.93. The van der Waals surface area contributed by atoms with Crippen LogP contribution in [0.5, 0.6) is 17.2 Å². The SMILES string of the molecule is COc1cc(N)ccc1Oc1cncc(C)c1. The number of anilines is 1. The zero-order chi connectivity index (χ0) is 12.3. The minimum absolute atomic E-state index is 0.603. The molecule has 0 saturated heterocycles. The molecule has 4 nitrogen and oxygen atoms in total. The summed E-state index contributed by atoms with van der Waals surface area (Å²) in [7, 11) is 1.58. The number of benzene rings is 1. The van der Waals surface area contributed by atoms with Crippen molar-refractivity contribution in [2.75, 3.05) is 12.8 Å². The van der Waals surface area contributed by atoms with Crippen LogP contribution in [0, 0.1) is 6.92 Å². The molecule has 0 atom stereocenters. The first-order chi connectivity index (χ1) is 8.19. The predicted octanol–water partition coefficient (Wildman–Crippen LogP) is 2.77. The fourth-order valence-electron chi connectivity index (χ4n) is 1.48. The van der Waals surface area contributed by atoms with Crippen molar-refractivity contribution in [2.24, 2.45) is 0 Å². The predicted molar refractivity (Wildman–Crippen MR) is 66.5 cm³/mol. The molecule has 0 unspecified atom stereocenters. The Kier molecular flexibility index (Phi) is 3.14. The average molecular weight is 230 g/mol. The van der Waals surface area contributed by atoms with Gasteiger partial charge in [-0.25, -0.2) is 0 Å². The number of pyridine rings is 1. The standard InChI is InChI=1S/C13H14N2O2/c1-9-5-11(8-15-7-9)17-12-4-3-10(14)6-13(12)16-2/h3-8H,14H2,1-2H3. The maximum atomic E-state index is 5.69. The van der Waals surface area contributed by atoms with Crippen molar-refractivity contribution < 1.29 is 9.47 Å². The van der Waals surface area contributed by atoms with Gasteiger partial charge in [0.1, 0.15) is 5.75 Å². The zero-order valence-electron chi connectivity index (χ0n) is 9.81. The second kappa shape index (κ2) is 4.74. The molecule has 0 fully saturated rings. The third-order valence-electron chi connectivity index (χ3n) is 2.27. The first-order valence-electron chi connectivity index (χ1n) is 5.22. The summed E-state index contributed by atoms with van der Waals surface area (Å²) in [6.45, 7) is 1.96. The van der Waals surface area contributed by atoms with E-state index in [2.05, 4.69) is 4.98 Å². The van der Waals surface area contributed by atoms with E-state index in [-0.39, 0.29) is 0 Å². The molecule has 0 spiro atoms. The van der Waals surface area contributed by atoms with Gasteiger partial charge >= 0.3 is 0 Å². The van der Waals surface area contributed by atoms with E-state index in [9.17, 15) is 0 Å². The molecule has 2 N–H and O–H groups in total. The van der Waals surface area contributed by atoms with Crippen LogP contribution in [0.3, 0.4) is 0 Å². The number of rotatable bonds is 3. The fourth-order valence-corrected chi connectivity index (χ4v) is 1.48. The first-order valence-corrected chi connectivity index (χ1v) is 5.22. The van der Waals surface area contributed by atoms with Gasteiger partial charge in [-0.15, -0.1) is 0 Å². The zero-order valence-corrected chi connectivity index (χ0v) is 9.81. The van der Waals surface area contributed by atoms with Crippen LogP contribution in [0.4, 0.5) is 5.69 Å². The van der Waals surface area contributed by atoms with Gasteiger partial charge in [-0.2, -0.15) is 0 Å². The Balaban J connectivity index is 2.29. The smallest absolute Gasteiger partial charge is 0.169 e. The van der Waals surface area contributed by atoms with E-state index in [1.165, 1.54) is 0 Å². The summed E-state index contributed by atoms with van der Waals surface area (Å²) in [5, 5.41) is 0. The Morgan fingerprint density at radius 1 is 1.12 bits per heavy atom. The maximum Gasteiger partial charge on any atom is 0.169 e. The van der Waals surface area contributed by atoms with E-state index in [4.69, 9.17) is 15.2 Å². The molecule has 1 heterocycles. The molecular weight excluding hydrogens is 216 g/mol. The van der Waals surface area contributed by atoms with Crippen LogP contribution in [-0.2, 0) is 0 Å². The van der Waals surface area contributed by atoms with Crippen molar-refractivity contribution in [3.63, 3.8) is 0 Å². The van der Waals surface area contributed by atoms with Crippen molar-refractivity contribution >= 4 is 5.69 Å². The molecule has 2 rings (SSSR count). The van der Waals surface area contributed by atoms with E-state index in [1.807, 2.05) is 13.0 Å². The molecule has 0 aliphatic rings. The van der Waals surface area contributed by atoms with Crippen molar-refractivity contribution in [3.05, 3.63) is 42.2 Å². The lowest BCUT2D eigenvalue weighted by atomic mass is 10.3. The van der Waals surface area contributed by atoms with Gasteiger partial charge < -0.3 is 15.2 Å². The number of methoxy groups -OCH3 is 1. The topological polar surface area (TPSA) is 57.4 Å². The molecule has 88 valence electrons. The van der Waals surface area contributed by atoms with Gasteiger partial charge in [0.05, 0.1) is 13.3 Å². The van der Waals surface area contributed by atoms with Crippen LogP contribution in [0.1, 0.15) is 5.56 Å². The Bertz CT molecular complexity index is 527. The van der Waals surface area contributed by atoms with Crippen LogP contribution in [-0.4, -0.2) is 12.1 Å². The Morgan fingerprint density at radius 3 is 2.65 bits per heavy atom. The van der Waals surface area contributed by atoms with Gasteiger partial charge in [-0.05, 0) is 30.7 Å². The number of aromatic nitrogens is 1. The van der Waals surface area contributed by atoms with E-state index in [1.54, 1.807) is 37.7 Å². The summed E-state index contributed by atoms with van der Waals surface area (Å²) in [6.07, 6.45) is 3.43. The first kappa shape index (κ1) is 11.3. The number of ether oxygens (including phenoxy) is 2. The summed E-state index contributed by atoms with van der Waals surface area (Å²) in [5.74, 6) is 1.90. The van der Waals surface area contributed by atoms with Gasteiger partial charge in [0.2, 0.25) is 0 Å². The minimum atomic E-state index is 0.603.